The quantitative estimate of drug-likeness (QED) is 0.836. The van der Waals surface area contributed by atoms with E-state index in [4.69, 9.17) is 4.74 Å². The number of aliphatic hydroxyl groups excluding tert-OH is 1. The Morgan fingerprint density at radius 1 is 1.56 bits per heavy atom. The number of hydrogen-bond donors (Lipinski definition) is 1. The van der Waals surface area contributed by atoms with Crippen molar-refractivity contribution in [2.45, 2.75) is 20.0 Å². The van der Waals surface area contributed by atoms with E-state index in [-0.39, 0.29) is 6.61 Å². The van der Waals surface area contributed by atoms with Crippen molar-refractivity contribution in [3.05, 3.63) is 29.6 Å². The molecule has 1 heterocycles. The van der Waals surface area contributed by atoms with Gasteiger partial charge in [-0.05, 0) is 31.5 Å². The summed E-state index contributed by atoms with van der Waals surface area (Å²) in [5.41, 5.74) is 2.24. The molecule has 1 aromatic heterocycles. The average molecular weight is 248 g/mol. The van der Waals surface area contributed by atoms with Crippen molar-refractivity contribution >= 4 is 17.0 Å². The number of imidazole rings is 1. The zero-order valence-electron chi connectivity index (χ0n) is 10.7. The number of aromatic nitrogens is 2. The lowest BCUT2D eigenvalue weighted by Crippen LogP contribution is -2.15. The van der Waals surface area contributed by atoms with Crippen LogP contribution in [0.3, 0.4) is 0 Å². The molecule has 0 amide bonds. The molecular weight excluding hydrogens is 232 g/mol. The summed E-state index contributed by atoms with van der Waals surface area (Å²) in [6, 6.07) is 5.24. The van der Waals surface area contributed by atoms with Crippen LogP contribution in [0.15, 0.2) is 18.2 Å². The predicted octanol–water partition coefficient (Wildman–Crippen LogP) is 1.48. The third kappa shape index (κ3) is 2.09. The Morgan fingerprint density at radius 3 is 2.94 bits per heavy atom. The minimum Gasteiger partial charge on any atom is -0.464 e. The van der Waals surface area contributed by atoms with Crippen LogP contribution in [0.4, 0.5) is 0 Å². The van der Waals surface area contributed by atoms with Crippen LogP contribution < -0.4 is 0 Å². The number of hydrogen-bond acceptors (Lipinski definition) is 4. The first-order valence-corrected chi connectivity index (χ1v) is 5.82. The normalized spacial score (nSPS) is 12.7. The Labute approximate surface area is 105 Å². The maximum Gasteiger partial charge on any atom is 0.339 e. The summed E-state index contributed by atoms with van der Waals surface area (Å²) in [6.45, 7) is 3.86. The van der Waals surface area contributed by atoms with Gasteiger partial charge in [-0.25, -0.2) is 9.78 Å². The minimum atomic E-state index is -1.25. The summed E-state index contributed by atoms with van der Waals surface area (Å²) in [5, 5.41) is 9.87. The fourth-order valence-electron chi connectivity index (χ4n) is 1.85. The number of rotatable bonds is 3. The van der Waals surface area contributed by atoms with E-state index in [1.807, 2.05) is 18.5 Å². The van der Waals surface area contributed by atoms with E-state index in [0.717, 1.165) is 16.9 Å². The second kappa shape index (κ2) is 4.78. The molecule has 0 spiro atoms. The molecule has 2 aromatic rings. The van der Waals surface area contributed by atoms with Crippen molar-refractivity contribution in [3.63, 3.8) is 0 Å². The SMILES string of the molecule is CCOC(=O)C(O)c1ccc2nc(C)n(C)c2c1. The van der Waals surface area contributed by atoms with E-state index in [1.54, 1.807) is 25.1 Å². The van der Waals surface area contributed by atoms with E-state index in [9.17, 15) is 9.90 Å². The molecule has 2 rings (SSSR count). The van der Waals surface area contributed by atoms with Crippen LogP contribution in [-0.2, 0) is 16.6 Å². The summed E-state index contributed by atoms with van der Waals surface area (Å²) in [6.07, 6.45) is -1.25. The number of carbonyl (C=O) groups excluding carboxylic acids is 1. The van der Waals surface area contributed by atoms with Crippen LogP contribution in [0.2, 0.25) is 0 Å². The van der Waals surface area contributed by atoms with Crippen molar-refractivity contribution in [1.82, 2.24) is 9.55 Å². The number of benzene rings is 1. The monoisotopic (exact) mass is 248 g/mol. The molecule has 0 bridgehead atoms. The van der Waals surface area contributed by atoms with Crippen molar-refractivity contribution in [2.24, 2.45) is 7.05 Å². The van der Waals surface area contributed by atoms with Gasteiger partial charge in [-0.15, -0.1) is 0 Å². The number of ether oxygens (including phenoxy) is 1. The summed E-state index contributed by atoms with van der Waals surface area (Å²) in [4.78, 5) is 15.8. The van der Waals surface area contributed by atoms with Crippen LogP contribution >= 0.6 is 0 Å². The minimum absolute atomic E-state index is 0.253. The standard InChI is InChI=1S/C13H16N2O3/c1-4-18-13(17)12(16)9-5-6-10-11(7-9)15(3)8(2)14-10/h5-7,12,16H,4H2,1-3H3. The van der Waals surface area contributed by atoms with Crippen LogP contribution in [0.1, 0.15) is 24.4 Å². The highest BCUT2D eigenvalue weighted by Crippen LogP contribution is 2.21. The molecule has 0 radical (unpaired) electrons. The van der Waals surface area contributed by atoms with Gasteiger partial charge in [0.15, 0.2) is 6.10 Å². The van der Waals surface area contributed by atoms with Crippen molar-refractivity contribution < 1.29 is 14.6 Å². The summed E-state index contributed by atoms with van der Waals surface area (Å²) < 4.78 is 6.71. The first-order chi connectivity index (χ1) is 8.54. The lowest BCUT2D eigenvalue weighted by Gasteiger charge is -2.10. The van der Waals surface area contributed by atoms with Crippen LogP contribution in [0, 0.1) is 6.92 Å². The number of aliphatic hydroxyl groups is 1. The molecule has 5 heteroatoms. The number of esters is 1. The summed E-state index contributed by atoms with van der Waals surface area (Å²) in [5.74, 6) is 0.253. The van der Waals surface area contributed by atoms with Gasteiger partial charge in [0.05, 0.1) is 17.6 Å². The van der Waals surface area contributed by atoms with Gasteiger partial charge >= 0.3 is 5.97 Å². The maximum atomic E-state index is 11.5. The van der Waals surface area contributed by atoms with E-state index in [0.29, 0.717) is 5.56 Å². The molecule has 0 saturated heterocycles. The Bertz CT molecular complexity index is 589. The third-order valence-corrected chi connectivity index (χ3v) is 2.95. The third-order valence-electron chi connectivity index (χ3n) is 2.95. The Balaban J connectivity index is 2.40. The molecule has 0 aliphatic rings. The smallest absolute Gasteiger partial charge is 0.339 e. The number of carbonyl (C=O) groups is 1. The average Bonchev–Trinajstić information content (AvgIpc) is 2.64. The molecule has 0 aliphatic carbocycles. The zero-order valence-corrected chi connectivity index (χ0v) is 10.7. The highest BCUT2D eigenvalue weighted by atomic mass is 16.5. The molecule has 0 fully saturated rings. The second-order valence-corrected chi connectivity index (χ2v) is 4.12. The fourth-order valence-corrected chi connectivity index (χ4v) is 1.85. The molecule has 18 heavy (non-hydrogen) atoms. The van der Waals surface area contributed by atoms with Crippen LogP contribution in [0.5, 0.6) is 0 Å². The molecule has 5 nitrogen and oxygen atoms in total. The lowest BCUT2D eigenvalue weighted by molar-refractivity contribution is -0.153. The Hall–Kier alpha value is -1.88. The second-order valence-electron chi connectivity index (χ2n) is 4.12. The van der Waals surface area contributed by atoms with Gasteiger partial charge in [0.2, 0.25) is 0 Å². The molecular formula is C13H16N2O3. The molecule has 1 aromatic carbocycles. The zero-order chi connectivity index (χ0) is 13.3. The fraction of sp³-hybridized carbons (Fsp3) is 0.385. The number of nitrogens with zero attached hydrogens (tertiary/aromatic N) is 2. The van der Waals surface area contributed by atoms with E-state index < -0.39 is 12.1 Å². The maximum absolute atomic E-state index is 11.5. The van der Waals surface area contributed by atoms with Crippen molar-refractivity contribution in [1.29, 1.82) is 0 Å². The first kappa shape index (κ1) is 12.6. The van der Waals surface area contributed by atoms with Gasteiger partial charge < -0.3 is 14.4 Å². The van der Waals surface area contributed by atoms with Gasteiger partial charge in [-0.2, -0.15) is 0 Å². The Kier molecular flexibility index (Phi) is 3.34. The van der Waals surface area contributed by atoms with Gasteiger partial charge in [-0.1, -0.05) is 6.07 Å². The Morgan fingerprint density at radius 2 is 2.28 bits per heavy atom. The molecule has 0 aliphatic heterocycles. The van der Waals surface area contributed by atoms with Crippen molar-refractivity contribution in [3.8, 4) is 0 Å². The van der Waals surface area contributed by atoms with E-state index >= 15 is 0 Å². The van der Waals surface area contributed by atoms with Gasteiger partial charge in [0, 0.05) is 7.05 Å². The van der Waals surface area contributed by atoms with Crippen LogP contribution in [-0.4, -0.2) is 27.2 Å². The molecule has 96 valence electrons. The van der Waals surface area contributed by atoms with Gasteiger partial charge in [0.25, 0.3) is 0 Å². The van der Waals surface area contributed by atoms with Crippen LogP contribution in [0.25, 0.3) is 11.0 Å². The van der Waals surface area contributed by atoms with E-state index in [2.05, 4.69) is 4.98 Å². The highest BCUT2D eigenvalue weighted by Gasteiger charge is 2.19. The van der Waals surface area contributed by atoms with Crippen molar-refractivity contribution in [2.75, 3.05) is 6.61 Å². The molecule has 1 atom stereocenters. The van der Waals surface area contributed by atoms with Gasteiger partial charge in [0.1, 0.15) is 5.82 Å². The predicted molar refractivity (Wildman–Crippen MR) is 67.0 cm³/mol. The molecule has 1 unspecified atom stereocenters. The molecule has 1 N–H and O–H groups in total. The topological polar surface area (TPSA) is 64.3 Å². The first-order valence-electron chi connectivity index (χ1n) is 5.82. The highest BCUT2D eigenvalue weighted by molar-refractivity contribution is 5.81. The lowest BCUT2D eigenvalue weighted by atomic mass is 10.1. The molecule has 0 saturated carbocycles. The van der Waals surface area contributed by atoms with Gasteiger partial charge in [-0.3, -0.25) is 0 Å². The summed E-state index contributed by atoms with van der Waals surface area (Å²) in [7, 11) is 1.89. The number of aryl methyl sites for hydroxylation is 2. The number of fused-ring (bicyclic) bond motifs is 1. The summed E-state index contributed by atoms with van der Waals surface area (Å²) >= 11 is 0. The van der Waals surface area contributed by atoms with E-state index in [1.165, 1.54) is 0 Å². The largest absolute Gasteiger partial charge is 0.464 e.